The van der Waals surface area contributed by atoms with Gasteiger partial charge < -0.3 is 9.26 Å². The van der Waals surface area contributed by atoms with Crippen LogP contribution in [0.2, 0.25) is 0 Å². The molecule has 2 aromatic rings. The Morgan fingerprint density at radius 1 is 1.24 bits per heavy atom. The van der Waals surface area contributed by atoms with E-state index in [0.29, 0.717) is 17.9 Å². The number of hydrogen-bond donors (Lipinski definition) is 0. The Balaban J connectivity index is 2.52. The molecule has 1 aromatic carbocycles. The summed E-state index contributed by atoms with van der Waals surface area (Å²) in [5.41, 5.74) is 1.49. The van der Waals surface area contributed by atoms with Crippen LogP contribution in [0.5, 0.6) is 5.75 Å². The minimum absolute atomic E-state index is 0.108. The first kappa shape index (κ1) is 15.4. The Morgan fingerprint density at radius 3 is 2.48 bits per heavy atom. The second-order valence-corrected chi connectivity index (χ2v) is 4.93. The molecule has 1 heterocycles. The molecule has 0 radical (unpaired) electrons. The molecule has 0 saturated heterocycles. The van der Waals surface area contributed by atoms with E-state index < -0.39 is 6.36 Å². The monoisotopic (exact) mass is 299 g/mol. The summed E-state index contributed by atoms with van der Waals surface area (Å²) in [6.07, 6.45) is -4.13. The minimum Gasteiger partial charge on any atom is -0.405 e. The van der Waals surface area contributed by atoms with Gasteiger partial charge in [-0.2, -0.15) is 0 Å². The first-order chi connectivity index (χ1) is 9.83. The molecular weight excluding hydrogens is 283 g/mol. The van der Waals surface area contributed by atoms with Gasteiger partial charge in [-0.05, 0) is 18.6 Å². The number of para-hydroxylation sites is 1. The quantitative estimate of drug-likeness (QED) is 0.803. The van der Waals surface area contributed by atoms with Crippen molar-refractivity contribution in [2.75, 3.05) is 0 Å². The second-order valence-electron chi connectivity index (χ2n) is 4.93. The third-order valence-electron chi connectivity index (χ3n) is 3.06. The first-order valence-corrected chi connectivity index (χ1v) is 6.67. The smallest absolute Gasteiger partial charge is 0.405 e. The molecule has 0 aliphatic carbocycles. The zero-order valence-corrected chi connectivity index (χ0v) is 12.0. The average molecular weight is 299 g/mol. The van der Waals surface area contributed by atoms with E-state index in [-0.39, 0.29) is 17.2 Å². The van der Waals surface area contributed by atoms with Gasteiger partial charge in [0, 0.05) is 17.0 Å². The molecule has 0 aliphatic heterocycles. The van der Waals surface area contributed by atoms with Crippen LogP contribution in [0.3, 0.4) is 0 Å². The van der Waals surface area contributed by atoms with Gasteiger partial charge in [-0.3, -0.25) is 0 Å². The lowest BCUT2D eigenvalue weighted by Gasteiger charge is -2.12. The van der Waals surface area contributed by atoms with Gasteiger partial charge in [0.25, 0.3) is 0 Å². The predicted octanol–water partition coefficient (Wildman–Crippen LogP) is 4.93. The molecular formula is C15H16F3NO2. The lowest BCUT2D eigenvalue weighted by Crippen LogP contribution is -2.17. The molecule has 0 fully saturated rings. The topological polar surface area (TPSA) is 35.3 Å². The zero-order chi connectivity index (χ0) is 15.6. The highest BCUT2D eigenvalue weighted by molar-refractivity contribution is 5.70. The molecule has 1 aromatic heterocycles. The normalized spacial score (nSPS) is 12.0. The standard InChI is InChI=1S/C15H16F3NO2/c1-4-10-13(19-21-14(10)9(2)3)11-7-5-6-8-12(11)20-15(16,17)18/h5-9H,4H2,1-3H3. The van der Waals surface area contributed by atoms with Crippen molar-refractivity contribution in [3.63, 3.8) is 0 Å². The van der Waals surface area contributed by atoms with Crippen LogP contribution in [0.1, 0.15) is 38.0 Å². The van der Waals surface area contributed by atoms with Crippen molar-refractivity contribution < 1.29 is 22.4 Å². The highest BCUT2D eigenvalue weighted by atomic mass is 19.4. The summed E-state index contributed by atoms with van der Waals surface area (Å²) in [4.78, 5) is 0. The van der Waals surface area contributed by atoms with Crippen LogP contribution < -0.4 is 4.74 Å². The molecule has 2 rings (SSSR count). The third kappa shape index (κ3) is 3.37. The van der Waals surface area contributed by atoms with Crippen LogP contribution in [0.4, 0.5) is 13.2 Å². The summed E-state index contributed by atoms with van der Waals surface area (Å²) in [6, 6.07) is 5.94. The number of rotatable bonds is 4. The molecule has 114 valence electrons. The Labute approximate surface area is 120 Å². The summed E-state index contributed by atoms with van der Waals surface area (Å²) >= 11 is 0. The maximum Gasteiger partial charge on any atom is 0.573 e. The predicted molar refractivity (Wildman–Crippen MR) is 72.1 cm³/mol. The lowest BCUT2D eigenvalue weighted by atomic mass is 9.99. The molecule has 0 N–H and O–H groups in total. The van der Waals surface area contributed by atoms with E-state index in [1.807, 2.05) is 20.8 Å². The van der Waals surface area contributed by atoms with E-state index >= 15 is 0 Å². The fourth-order valence-corrected chi connectivity index (χ4v) is 2.20. The molecule has 0 spiro atoms. The van der Waals surface area contributed by atoms with Gasteiger partial charge in [-0.1, -0.05) is 38.1 Å². The first-order valence-electron chi connectivity index (χ1n) is 6.67. The second kappa shape index (κ2) is 5.79. The van der Waals surface area contributed by atoms with E-state index in [1.54, 1.807) is 12.1 Å². The van der Waals surface area contributed by atoms with Crippen molar-refractivity contribution in [3.8, 4) is 17.0 Å². The van der Waals surface area contributed by atoms with Gasteiger partial charge in [0.1, 0.15) is 17.2 Å². The van der Waals surface area contributed by atoms with Crippen molar-refractivity contribution >= 4 is 0 Å². The molecule has 0 amide bonds. The van der Waals surface area contributed by atoms with Gasteiger partial charge in [-0.15, -0.1) is 13.2 Å². The lowest BCUT2D eigenvalue weighted by molar-refractivity contribution is -0.274. The Morgan fingerprint density at radius 2 is 1.90 bits per heavy atom. The molecule has 0 aliphatic rings. The van der Waals surface area contributed by atoms with Crippen LogP contribution in [-0.2, 0) is 6.42 Å². The summed E-state index contributed by atoms with van der Waals surface area (Å²) in [6.45, 7) is 5.80. The Bertz CT molecular complexity index is 618. The van der Waals surface area contributed by atoms with Gasteiger partial charge in [0.15, 0.2) is 0 Å². The molecule has 6 heteroatoms. The number of nitrogens with zero attached hydrogens (tertiary/aromatic N) is 1. The third-order valence-corrected chi connectivity index (χ3v) is 3.06. The SMILES string of the molecule is CCc1c(-c2ccccc2OC(F)(F)F)noc1C(C)C. The number of ether oxygens (including phenoxy) is 1. The molecule has 0 saturated carbocycles. The summed E-state index contributed by atoms with van der Waals surface area (Å²) < 4.78 is 46.8. The van der Waals surface area contributed by atoms with E-state index in [0.717, 1.165) is 5.56 Å². The van der Waals surface area contributed by atoms with E-state index in [4.69, 9.17) is 4.52 Å². The Hall–Kier alpha value is -1.98. The van der Waals surface area contributed by atoms with E-state index in [2.05, 4.69) is 9.89 Å². The summed E-state index contributed by atoms with van der Waals surface area (Å²) in [5, 5.41) is 3.95. The summed E-state index contributed by atoms with van der Waals surface area (Å²) in [5.74, 6) is 0.523. The van der Waals surface area contributed by atoms with Gasteiger partial charge in [-0.25, -0.2) is 0 Å². The van der Waals surface area contributed by atoms with Crippen molar-refractivity contribution in [2.45, 2.75) is 39.5 Å². The van der Waals surface area contributed by atoms with Crippen molar-refractivity contribution in [2.24, 2.45) is 0 Å². The molecule has 0 bridgehead atoms. The Kier molecular flexibility index (Phi) is 4.25. The van der Waals surface area contributed by atoms with Crippen molar-refractivity contribution in [1.29, 1.82) is 0 Å². The number of halogens is 3. The van der Waals surface area contributed by atoms with E-state index in [1.165, 1.54) is 12.1 Å². The number of alkyl halides is 3. The fourth-order valence-electron chi connectivity index (χ4n) is 2.20. The van der Waals surface area contributed by atoms with Crippen LogP contribution in [-0.4, -0.2) is 11.5 Å². The average Bonchev–Trinajstić information content (AvgIpc) is 2.81. The van der Waals surface area contributed by atoms with Crippen molar-refractivity contribution in [1.82, 2.24) is 5.16 Å². The highest BCUT2D eigenvalue weighted by Crippen LogP contribution is 2.37. The number of benzene rings is 1. The maximum absolute atomic E-state index is 12.5. The fraction of sp³-hybridized carbons (Fsp3) is 0.400. The van der Waals surface area contributed by atoms with E-state index in [9.17, 15) is 13.2 Å². The summed E-state index contributed by atoms with van der Waals surface area (Å²) in [7, 11) is 0. The van der Waals surface area contributed by atoms with Gasteiger partial charge in [0.05, 0.1) is 0 Å². The van der Waals surface area contributed by atoms with Gasteiger partial charge >= 0.3 is 6.36 Å². The molecule has 21 heavy (non-hydrogen) atoms. The maximum atomic E-state index is 12.5. The zero-order valence-electron chi connectivity index (χ0n) is 12.0. The highest BCUT2D eigenvalue weighted by Gasteiger charge is 2.33. The number of hydrogen-bond acceptors (Lipinski definition) is 3. The van der Waals surface area contributed by atoms with Crippen LogP contribution >= 0.6 is 0 Å². The molecule has 3 nitrogen and oxygen atoms in total. The van der Waals surface area contributed by atoms with Crippen molar-refractivity contribution in [3.05, 3.63) is 35.6 Å². The van der Waals surface area contributed by atoms with Crippen LogP contribution in [0.25, 0.3) is 11.3 Å². The number of aromatic nitrogens is 1. The van der Waals surface area contributed by atoms with Gasteiger partial charge in [0.2, 0.25) is 0 Å². The molecule has 0 unspecified atom stereocenters. The minimum atomic E-state index is -4.74. The largest absolute Gasteiger partial charge is 0.573 e. The van der Waals surface area contributed by atoms with Crippen LogP contribution in [0, 0.1) is 0 Å². The molecule has 0 atom stereocenters. The van der Waals surface area contributed by atoms with Crippen LogP contribution in [0.15, 0.2) is 28.8 Å².